The van der Waals surface area contributed by atoms with Crippen LogP contribution in [-0.2, 0) is 0 Å². The van der Waals surface area contributed by atoms with Crippen LogP contribution in [0.1, 0.15) is 11.1 Å². The van der Waals surface area contributed by atoms with E-state index in [1.54, 1.807) is 13.2 Å². The lowest BCUT2D eigenvalue weighted by Crippen LogP contribution is -1.86. The Kier molecular flexibility index (Phi) is 2.15. The van der Waals surface area contributed by atoms with Crippen LogP contribution < -0.4 is 0 Å². The van der Waals surface area contributed by atoms with Crippen LogP contribution in [0, 0.1) is 6.92 Å². The fourth-order valence-corrected chi connectivity index (χ4v) is 0.768. The Morgan fingerprint density at radius 3 is 3.00 bits per heavy atom. The minimum Gasteiger partial charge on any atom is -0.296 e. The molecular weight excluding hydrogens is 124 g/mol. The molecule has 0 atom stereocenters. The minimum atomic E-state index is 1.14. The van der Waals surface area contributed by atoms with Crippen LogP contribution in [-0.4, -0.2) is 18.2 Å². The van der Waals surface area contributed by atoms with Gasteiger partial charge in [-0.3, -0.25) is 9.98 Å². The second kappa shape index (κ2) is 3.11. The Hall–Kier alpha value is -1.18. The molecule has 2 nitrogen and oxygen atoms in total. The topological polar surface area (TPSA) is 25.2 Å². The molecule has 0 bridgehead atoms. The summed E-state index contributed by atoms with van der Waals surface area (Å²) in [5, 5.41) is 0. The summed E-state index contributed by atoms with van der Waals surface area (Å²) in [6.07, 6.45) is 5.43. The van der Waals surface area contributed by atoms with Crippen LogP contribution in [0.3, 0.4) is 0 Å². The molecule has 0 amide bonds. The van der Waals surface area contributed by atoms with Gasteiger partial charge in [0.25, 0.3) is 0 Å². The number of pyridine rings is 1. The summed E-state index contributed by atoms with van der Waals surface area (Å²) in [4.78, 5) is 7.88. The molecule has 0 aliphatic rings. The third-order valence-corrected chi connectivity index (χ3v) is 1.33. The fourth-order valence-electron chi connectivity index (χ4n) is 0.768. The highest BCUT2D eigenvalue weighted by Crippen LogP contribution is 2.00. The van der Waals surface area contributed by atoms with Crippen LogP contribution in [0.2, 0.25) is 0 Å². The van der Waals surface area contributed by atoms with E-state index in [4.69, 9.17) is 0 Å². The third kappa shape index (κ3) is 1.41. The monoisotopic (exact) mass is 134 g/mol. The van der Waals surface area contributed by atoms with Gasteiger partial charge in [0.15, 0.2) is 0 Å². The zero-order valence-electron chi connectivity index (χ0n) is 6.20. The highest BCUT2D eigenvalue weighted by molar-refractivity contribution is 5.81. The largest absolute Gasteiger partial charge is 0.296 e. The number of aryl methyl sites for hydroxylation is 1. The van der Waals surface area contributed by atoms with Crippen molar-refractivity contribution < 1.29 is 0 Å². The van der Waals surface area contributed by atoms with Crippen molar-refractivity contribution in [1.29, 1.82) is 0 Å². The molecule has 0 radical (unpaired) electrons. The van der Waals surface area contributed by atoms with E-state index in [2.05, 4.69) is 9.98 Å². The molecule has 0 aliphatic carbocycles. The summed E-state index contributed by atoms with van der Waals surface area (Å²) in [5.41, 5.74) is 2.30. The van der Waals surface area contributed by atoms with Gasteiger partial charge < -0.3 is 0 Å². The molecule has 0 unspecified atom stereocenters. The maximum atomic E-state index is 3.97. The maximum Gasteiger partial charge on any atom is 0.0303 e. The van der Waals surface area contributed by atoms with Gasteiger partial charge in [0.2, 0.25) is 0 Å². The molecule has 0 fully saturated rings. The molecule has 2 heteroatoms. The average molecular weight is 134 g/mol. The maximum absolute atomic E-state index is 3.97. The van der Waals surface area contributed by atoms with Crippen LogP contribution in [0.5, 0.6) is 0 Å². The summed E-state index contributed by atoms with van der Waals surface area (Å²) < 4.78 is 0. The zero-order chi connectivity index (χ0) is 7.40. The first kappa shape index (κ1) is 6.93. The Bertz CT molecular complexity index is 241. The lowest BCUT2D eigenvalue weighted by molar-refractivity contribution is 1.26. The van der Waals surface area contributed by atoms with Crippen molar-refractivity contribution in [2.75, 3.05) is 7.05 Å². The summed E-state index contributed by atoms with van der Waals surface area (Å²) in [6.45, 7) is 2.02. The van der Waals surface area contributed by atoms with Gasteiger partial charge in [-0.2, -0.15) is 0 Å². The lowest BCUT2D eigenvalue weighted by atomic mass is 10.2. The minimum absolute atomic E-state index is 1.14. The summed E-state index contributed by atoms with van der Waals surface area (Å²) in [5.74, 6) is 0. The number of hydrogen-bond acceptors (Lipinski definition) is 2. The second-order valence-electron chi connectivity index (χ2n) is 2.12. The molecule has 0 spiro atoms. The quantitative estimate of drug-likeness (QED) is 0.533. The summed E-state index contributed by atoms with van der Waals surface area (Å²) >= 11 is 0. The van der Waals surface area contributed by atoms with Crippen LogP contribution in [0.25, 0.3) is 0 Å². The standard InChI is InChI=1S/C8H10N2/c1-7-5-10-4-3-8(7)6-9-2/h3-6H,1-2H3/b9-6-. The highest BCUT2D eigenvalue weighted by Gasteiger charge is 1.89. The predicted octanol–water partition coefficient (Wildman–Crippen LogP) is 1.44. The predicted molar refractivity (Wildman–Crippen MR) is 42.5 cm³/mol. The molecule has 0 N–H and O–H groups in total. The first-order valence-corrected chi connectivity index (χ1v) is 3.17. The molecule has 1 heterocycles. The van der Waals surface area contributed by atoms with Crippen LogP contribution in [0.4, 0.5) is 0 Å². The summed E-state index contributed by atoms with van der Waals surface area (Å²) in [7, 11) is 1.76. The highest BCUT2D eigenvalue weighted by atomic mass is 14.6. The number of aromatic nitrogens is 1. The van der Waals surface area contributed by atoms with E-state index in [0.29, 0.717) is 0 Å². The van der Waals surface area contributed by atoms with Crippen molar-refractivity contribution in [1.82, 2.24) is 4.98 Å². The number of hydrogen-bond donors (Lipinski definition) is 0. The van der Waals surface area contributed by atoms with Crippen molar-refractivity contribution in [2.45, 2.75) is 6.92 Å². The van der Waals surface area contributed by atoms with Crippen molar-refractivity contribution in [3.8, 4) is 0 Å². The third-order valence-electron chi connectivity index (χ3n) is 1.33. The molecule has 0 aromatic carbocycles. The van der Waals surface area contributed by atoms with Gasteiger partial charge in [0, 0.05) is 25.7 Å². The molecule has 1 aromatic heterocycles. The molecule has 52 valence electrons. The van der Waals surface area contributed by atoms with Gasteiger partial charge in [0.1, 0.15) is 0 Å². The Labute approximate surface area is 60.6 Å². The molecule has 1 aromatic rings. The van der Waals surface area contributed by atoms with Gasteiger partial charge >= 0.3 is 0 Å². The summed E-state index contributed by atoms with van der Waals surface area (Å²) in [6, 6.07) is 1.95. The fraction of sp³-hybridized carbons (Fsp3) is 0.250. The molecule has 0 aliphatic heterocycles. The molecular formula is C8H10N2. The van der Waals surface area contributed by atoms with Crippen molar-refractivity contribution in [3.63, 3.8) is 0 Å². The first-order valence-electron chi connectivity index (χ1n) is 3.17. The zero-order valence-corrected chi connectivity index (χ0v) is 6.20. The van der Waals surface area contributed by atoms with Crippen LogP contribution >= 0.6 is 0 Å². The Balaban J connectivity index is 3.03. The average Bonchev–Trinajstić information content (AvgIpc) is 1.94. The number of aliphatic imine (C=N–C) groups is 1. The van der Waals surface area contributed by atoms with Gasteiger partial charge in [-0.1, -0.05) is 0 Å². The van der Waals surface area contributed by atoms with Crippen molar-refractivity contribution >= 4 is 6.21 Å². The molecule has 10 heavy (non-hydrogen) atoms. The van der Waals surface area contributed by atoms with E-state index >= 15 is 0 Å². The van der Waals surface area contributed by atoms with Gasteiger partial charge in [-0.15, -0.1) is 0 Å². The Morgan fingerprint density at radius 1 is 1.60 bits per heavy atom. The van der Waals surface area contributed by atoms with Crippen LogP contribution in [0.15, 0.2) is 23.5 Å². The first-order chi connectivity index (χ1) is 4.84. The van der Waals surface area contributed by atoms with E-state index in [1.807, 2.05) is 25.4 Å². The number of nitrogens with zero attached hydrogens (tertiary/aromatic N) is 2. The van der Waals surface area contributed by atoms with Gasteiger partial charge in [-0.25, -0.2) is 0 Å². The second-order valence-corrected chi connectivity index (χ2v) is 2.12. The number of rotatable bonds is 1. The SMILES string of the molecule is C/N=C\c1ccncc1C. The van der Waals surface area contributed by atoms with Crippen molar-refractivity contribution in [2.24, 2.45) is 4.99 Å². The van der Waals surface area contributed by atoms with E-state index in [9.17, 15) is 0 Å². The van der Waals surface area contributed by atoms with E-state index in [0.717, 1.165) is 11.1 Å². The van der Waals surface area contributed by atoms with Gasteiger partial charge in [-0.05, 0) is 24.1 Å². The van der Waals surface area contributed by atoms with E-state index < -0.39 is 0 Å². The molecule has 1 rings (SSSR count). The Morgan fingerprint density at radius 2 is 2.40 bits per heavy atom. The van der Waals surface area contributed by atoms with E-state index in [1.165, 1.54) is 0 Å². The van der Waals surface area contributed by atoms with Crippen molar-refractivity contribution in [3.05, 3.63) is 29.6 Å². The van der Waals surface area contributed by atoms with Gasteiger partial charge in [0.05, 0.1) is 0 Å². The molecule has 0 saturated heterocycles. The smallest absolute Gasteiger partial charge is 0.0303 e. The van der Waals surface area contributed by atoms with E-state index in [-0.39, 0.29) is 0 Å². The lowest BCUT2D eigenvalue weighted by Gasteiger charge is -1.94. The molecule has 0 saturated carbocycles. The normalized spacial score (nSPS) is 10.6.